The maximum absolute atomic E-state index is 10.1. The summed E-state index contributed by atoms with van der Waals surface area (Å²) in [5.41, 5.74) is 0.921. The van der Waals surface area contributed by atoms with Gasteiger partial charge < -0.3 is 5.11 Å². The first kappa shape index (κ1) is 17.3. The number of rotatable bonds is 7. The summed E-state index contributed by atoms with van der Waals surface area (Å²) in [7, 11) is 0. The lowest BCUT2D eigenvalue weighted by molar-refractivity contribution is 0.116. The molecule has 1 N–H and O–H groups in total. The Balaban J connectivity index is 3.08. The zero-order valence-corrected chi connectivity index (χ0v) is 14.1. The molecule has 1 aromatic rings. The fraction of sp³-hybridized carbons (Fsp3) is 0.647. The molecule has 114 valence electrons. The molecule has 0 heterocycles. The van der Waals surface area contributed by atoms with E-state index < -0.39 is 0 Å². The quantitative estimate of drug-likeness (QED) is 0.742. The van der Waals surface area contributed by atoms with Crippen molar-refractivity contribution in [1.29, 1.82) is 0 Å². The minimum Gasteiger partial charge on any atom is -0.508 e. The van der Waals surface area contributed by atoms with Crippen molar-refractivity contribution in [3.8, 4) is 5.75 Å². The molecule has 0 fully saturated rings. The fourth-order valence-electron chi connectivity index (χ4n) is 2.84. The second-order valence-corrected chi connectivity index (χ2v) is 6.38. The van der Waals surface area contributed by atoms with Crippen molar-refractivity contribution in [3.05, 3.63) is 28.8 Å². The Labute approximate surface area is 128 Å². The minimum absolute atomic E-state index is 0.168. The highest BCUT2D eigenvalue weighted by atomic mass is 35.5. The Hall–Kier alpha value is -0.730. The monoisotopic (exact) mass is 297 g/mol. The van der Waals surface area contributed by atoms with Gasteiger partial charge in [-0.3, -0.25) is 4.90 Å². The van der Waals surface area contributed by atoms with E-state index in [1.807, 2.05) is 6.07 Å². The van der Waals surface area contributed by atoms with Crippen LogP contribution in [0.4, 0.5) is 0 Å². The van der Waals surface area contributed by atoms with E-state index in [9.17, 15) is 5.11 Å². The van der Waals surface area contributed by atoms with Gasteiger partial charge >= 0.3 is 0 Å². The molecule has 0 aromatic heterocycles. The third-order valence-corrected chi connectivity index (χ3v) is 4.16. The van der Waals surface area contributed by atoms with Crippen LogP contribution in [0.3, 0.4) is 0 Å². The number of halogens is 1. The van der Waals surface area contributed by atoms with E-state index in [4.69, 9.17) is 11.6 Å². The predicted molar refractivity (Wildman–Crippen MR) is 87.4 cm³/mol. The van der Waals surface area contributed by atoms with E-state index in [0.717, 1.165) is 24.9 Å². The van der Waals surface area contributed by atoms with Crippen LogP contribution in [0.25, 0.3) is 0 Å². The van der Waals surface area contributed by atoms with Gasteiger partial charge in [0.2, 0.25) is 0 Å². The van der Waals surface area contributed by atoms with Crippen molar-refractivity contribution >= 4 is 11.6 Å². The van der Waals surface area contributed by atoms with Crippen LogP contribution < -0.4 is 0 Å². The first-order chi connectivity index (χ1) is 9.40. The summed E-state index contributed by atoms with van der Waals surface area (Å²) in [5, 5.41) is 10.8. The third kappa shape index (κ3) is 4.39. The Kier molecular flexibility index (Phi) is 6.84. The smallest absolute Gasteiger partial charge is 0.120 e. The summed E-state index contributed by atoms with van der Waals surface area (Å²) in [6, 6.07) is 6.01. The molecule has 20 heavy (non-hydrogen) atoms. The maximum atomic E-state index is 10.1. The van der Waals surface area contributed by atoms with Gasteiger partial charge in [0.05, 0.1) is 0 Å². The highest BCUT2D eigenvalue weighted by molar-refractivity contribution is 6.30. The van der Waals surface area contributed by atoms with Crippen LogP contribution in [0.1, 0.15) is 59.1 Å². The number of phenols is 1. The normalized spacial score (nSPS) is 13.4. The van der Waals surface area contributed by atoms with Gasteiger partial charge in [0.1, 0.15) is 5.75 Å². The summed E-state index contributed by atoms with van der Waals surface area (Å²) in [6.45, 7) is 12.1. The second-order valence-electron chi connectivity index (χ2n) is 5.94. The average molecular weight is 298 g/mol. The van der Waals surface area contributed by atoms with Crippen LogP contribution in [0.15, 0.2) is 18.2 Å². The van der Waals surface area contributed by atoms with Gasteiger partial charge in [-0.1, -0.05) is 39.3 Å². The first-order valence-corrected chi connectivity index (χ1v) is 8.02. The molecule has 0 amide bonds. The van der Waals surface area contributed by atoms with E-state index in [2.05, 4.69) is 39.5 Å². The van der Waals surface area contributed by atoms with Gasteiger partial charge in [-0.25, -0.2) is 0 Å². The standard InChI is InChI=1S/C17H28ClNO/c1-6-15(7-2)19(11-12(3)4)13(5)16-10-14(18)8-9-17(16)20/h8-10,12-13,15,20H,6-7,11H2,1-5H3. The lowest BCUT2D eigenvalue weighted by Gasteiger charge is -2.37. The van der Waals surface area contributed by atoms with Crippen molar-refractivity contribution in [2.45, 2.75) is 59.5 Å². The second kappa shape index (κ2) is 7.90. The Morgan fingerprint density at radius 1 is 1.15 bits per heavy atom. The van der Waals surface area contributed by atoms with Crippen LogP contribution in [0, 0.1) is 5.92 Å². The molecule has 0 spiro atoms. The molecule has 1 atom stereocenters. The minimum atomic E-state index is 0.168. The number of benzene rings is 1. The van der Waals surface area contributed by atoms with Crippen LogP contribution >= 0.6 is 11.6 Å². The first-order valence-electron chi connectivity index (χ1n) is 7.64. The molecule has 0 aliphatic rings. The van der Waals surface area contributed by atoms with E-state index in [-0.39, 0.29) is 6.04 Å². The maximum Gasteiger partial charge on any atom is 0.120 e. The predicted octanol–water partition coefficient (Wildman–Crippen LogP) is 5.25. The molecular formula is C17H28ClNO. The number of nitrogens with zero attached hydrogens (tertiary/aromatic N) is 1. The lowest BCUT2D eigenvalue weighted by atomic mass is 9.99. The topological polar surface area (TPSA) is 23.5 Å². The Bertz CT molecular complexity index is 415. The van der Waals surface area contributed by atoms with Gasteiger partial charge in [-0.15, -0.1) is 0 Å². The number of hydrogen-bond donors (Lipinski definition) is 1. The number of hydrogen-bond acceptors (Lipinski definition) is 2. The van der Waals surface area contributed by atoms with Crippen molar-refractivity contribution in [2.75, 3.05) is 6.54 Å². The van der Waals surface area contributed by atoms with Crippen molar-refractivity contribution in [2.24, 2.45) is 5.92 Å². The van der Waals surface area contributed by atoms with E-state index in [1.165, 1.54) is 0 Å². The van der Waals surface area contributed by atoms with Crippen molar-refractivity contribution in [1.82, 2.24) is 4.90 Å². The summed E-state index contributed by atoms with van der Waals surface area (Å²) in [6.07, 6.45) is 2.24. The largest absolute Gasteiger partial charge is 0.508 e. The molecule has 0 aliphatic carbocycles. The van der Waals surface area contributed by atoms with Crippen molar-refractivity contribution < 1.29 is 5.11 Å². The molecule has 3 heteroatoms. The summed E-state index contributed by atoms with van der Waals surface area (Å²) in [4.78, 5) is 2.50. The van der Waals surface area contributed by atoms with Gasteiger partial charge in [0.15, 0.2) is 0 Å². The molecule has 0 aliphatic heterocycles. The Morgan fingerprint density at radius 3 is 2.25 bits per heavy atom. The molecule has 0 saturated carbocycles. The molecule has 0 bridgehead atoms. The van der Waals surface area contributed by atoms with E-state index >= 15 is 0 Å². The molecule has 0 saturated heterocycles. The average Bonchev–Trinajstić information content (AvgIpc) is 2.40. The molecule has 1 aromatic carbocycles. The molecule has 1 rings (SSSR count). The Morgan fingerprint density at radius 2 is 1.75 bits per heavy atom. The van der Waals surface area contributed by atoms with Crippen molar-refractivity contribution in [3.63, 3.8) is 0 Å². The molecule has 0 radical (unpaired) electrons. The molecule has 2 nitrogen and oxygen atoms in total. The van der Waals surface area contributed by atoms with Crippen LogP contribution in [0.5, 0.6) is 5.75 Å². The fourth-order valence-corrected chi connectivity index (χ4v) is 3.02. The summed E-state index contributed by atoms with van der Waals surface area (Å²) < 4.78 is 0. The molecule has 1 unspecified atom stereocenters. The zero-order chi connectivity index (χ0) is 15.3. The number of aromatic hydroxyl groups is 1. The van der Waals surface area contributed by atoms with Crippen LogP contribution in [0.2, 0.25) is 5.02 Å². The van der Waals surface area contributed by atoms with Gasteiger partial charge in [0, 0.05) is 29.2 Å². The van der Waals surface area contributed by atoms with Crippen LogP contribution in [-0.4, -0.2) is 22.6 Å². The zero-order valence-electron chi connectivity index (χ0n) is 13.4. The van der Waals surface area contributed by atoms with E-state index in [1.54, 1.807) is 12.1 Å². The lowest BCUT2D eigenvalue weighted by Crippen LogP contribution is -2.39. The third-order valence-electron chi connectivity index (χ3n) is 3.92. The highest BCUT2D eigenvalue weighted by Gasteiger charge is 2.25. The summed E-state index contributed by atoms with van der Waals surface area (Å²) in [5.74, 6) is 0.931. The number of phenolic OH excluding ortho intramolecular Hbond substituents is 1. The van der Waals surface area contributed by atoms with Gasteiger partial charge in [-0.2, -0.15) is 0 Å². The molecular weight excluding hydrogens is 270 g/mol. The summed E-state index contributed by atoms with van der Waals surface area (Å²) >= 11 is 6.09. The van der Waals surface area contributed by atoms with E-state index in [0.29, 0.717) is 22.7 Å². The van der Waals surface area contributed by atoms with Gasteiger partial charge in [-0.05, 0) is 43.9 Å². The SMILES string of the molecule is CCC(CC)N(CC(C)C)C(C)c1cc(Cl)ccc1O. The van der Waals surface area contributed by atoms with Crippen LogP contribution in [-0.2, 0) is 0 Å². The van der Waals surface area contributed by atoms with Gasteiger partial charge in [0.25, 0.3) is 0 Å². The highest BCUT2D eigenvalue weighted by Crippen LogP contribution is 2.33.